The number of rotatable bonds is 7. The number of ether oxygens (including phenoxy) is 1. The highest BCUT2D eigenvalue weighted by molar-refractivity contribution is 8.00. The summed E-state index contributed by atoms with van der Waals surface area (Å²) in [6.07, 6.45) is 9.40. The number of hydrogen-bond acceptors (Lipinski definition) is 7. The lowest BCUT2D eigenvalue weighted by molar-refractivity contribution is -0.0284. The van der Waals surface area contributed by atoms with E-state index in [1.165, 1.54) is 32.1 Å². The van der Waals surface area contributed by atoms with Gasteiger partial charge in [0, 0.05) is 36.8 Å². The summed E-state index contributed by atoms with van der Waals surface area (Å²) in [4.78, 5) is 0. The number of fused-ring (bicyclic) bond motifs is 1. The lowest BCUT2D eigenvalue weighted by Gasteiger charge is -2.42. The van der Waals surface area contributed by atoms with Crippen LogP contribution in [0.15, 0.2) is 0 Å². The van der Waals surface area contributed by atoms with Gasteiger partial charge in [-0.2, -0.15) is 0 Å². The van der Waals surface area contributed by atoms with Crippen LogP contribution in [0, 0.1) is 29.1 Å². The average molecular weight is 484 g/mol. The molecule has 2 aliphatic carbocycles. The molecule has 2 saturated carbocycles. The summed E-state index contributed by atoms with van der Waals surface area (Å²) < 4.78 is 5.75. The van der Waals surface area contributed by atoms with Gasteiger partial charge in [-0.1, -0.05) is 33.6 Å². The van der Waals surface area contributed by atoms with E-state index < -0.39 is 12.5 Å². The van der Waals surface area contributed by atoms with Crippen molar-refractivity contribution in [3.63, 3.8) is 0 Å². The molecule has 4 fully saturated rings. The minimum absolute atomic E-state index is 0.0720. The fourth-order valence-electron chi connectivity index (χ4n) is 6.94. The van der Waals surface area contributed by atoms with Gasteiger partial charge in [-0.25, -0.2) is 0 Å². The van der Waals surface area contributed by atoms with Crippen molar-refractivity contribution in [2.75, 3.05) is 20.2 Å². The summed E-state index contributed by atoms with van der Waals surface area (Å²) in [5.74, 6) is 1.55. The van der Waals surface area contributed by atoms with Crippen LogP contribution in [-0.4, -0.2) is 65.6 Å². The van der Waals surface area contributed by atoms with E-state index in [1.807, 2.05) is 11.8 Å². The Morgan fingerprint density at radius 3 is 2.45 bits per heavy atom. The van der Waals surface area contributed by atoms with Crippen molar-refractivity contribution in [2.45, 2.75) is 114 Å². The van der Waals surface area contributed by atoms with Crippen LogP contribution >= 0.6 is 11.8 Å². The number of nitrogens with one attached hydrogen (secondary N) is 3. The zero-order chi connectivity index (χ0) is 23.6. The van der Waals surface area contributed by atoms with Crippen molar-refractivity contribution < 1.29 is 14.9 Å². The number of aliphatic hydroxyl groups excluding tert-OH is 2. The molecule has 0 amide bonds. The molecule has 2 heterocycles. The number of piperidine rings is 1. The van der Waals surface area contributed by atoms with Crippen LogP contribution in [-0.2, 0) is 4.74 Å². The highest BCUT2D eigenvalue weighted by atomic mass is 32.2. The molecule has 10 atom stereocenters. The molecule has 2 saturated heterocycles. The molecular weight excluding hydrogens is 434 g/mol. The molecule has 2 aliphatic heterocycles. The second-order valence-electron chi connectivity index (χ2n) is 12.2. The summed E-state index contributed by atoms with van der Waals surface area (Å²) in [5, 5.41) is 33.9. The van der Waals surface area contributed by atoms with Gasteiger partial charge in [-0.05, 0) is 68.7 Å². The maximum atomic E-state index is 11.6. The smallest absolute Gasteiger partial charge is 0.110 e. The third-order valence-electron chi connectivity index (χ3n) is 9.10. The molecule has 0 bridgehead atoms. The van der Waals surface area contributed by atoms with Crippen molar-refractivity contribution in [3.8, 4) is 0 Å². The van der Waals surface area contributed by atoms with Gasteiger partial charge in [0.15, 0.2) is 0 Å². The van der Waals surface area contributed by atoms with Crippen LogP contribution in [0.25, 0.3) is 0 Å². The van der Waals surface area contributed by atoms with Crippen molar-refractivity contribution in [2.24, 2.45) is 29.1 Å². The van der Waals surface area contributed by atoms with Gasteiger partial charge in [0.2, 0.25) is 0 Å². The standard InChI is InChI=1S/C26H49N3O3S/c1-26(2,3)17-11-12-18-21(14-17)33-25(29-23(30)16-8-7-13-27-15-16)22(18)24(31)28-19-9-5-6-10-20(19)32-4/h16-25,27-31H,5-15H2,1-4H3. The Kier molecular flexibility index (Phi) is 9.08. The lowest BCUT2D eigenvalue weighted by atomic mass is 9.67. The van der Waals surface area contributed by atoms with Crippen LogP contribution in [0.1, 0.15) is 78.6 Å². The number of thioether (sulfide) groups is 1. The normalized spacial score (nSPS) is 42.0. The molecule has 5 N–H and O–H groups in total. The average Bonchev–Trinajstić information content (AvgIpc) is 3.16. The summed E-state index contributed by atoms with van der Waals surface area (Å²) in [6, 6.07) is 0.210. The van der Waals surface area contributed by atoms with Crippen molar-refractivity contribution in [1.82, 2.24) is 16.0 Å². The van der Waals surface area contributed by atoms with Crippen LogP contribution < -0.4 is 16.0 Å². The molecule has 6 nitrogen and oxygen atoms in total. The van der Waals surface area contributed by atoms with E-state index in [2.05, 4.69) is 36.7 Å². The first-order valence-electron chi connectivity index (χ1n) is 13.5. The highest BCUT2D eigenvalue weighted by Gasteiger charge is 2.51. The Morgan fingerprint density at radius 1 is 0.970 bits per heavy atom. The van der Waals surface area contributed by atoms with Crippen molar-refractivity contribution >= 4 is 11.8 Å². The molecule has 7 heteroatoms. The summed E-state index contributed by atoms with van der Waals surface area (Å²) >= 11 is 1.99. The predicted molar refractivity (Wildman–Crippen MR) is 136 cm³/mol. The van der Waals surface area contributed by atoms with Crippen LogP contribution in [0.2, 0.25) is 0 Å². The zero-order valence-electron chi connectivity index (χ0n) is 21.3. The SMILES string of the molecule is COC1CCCCC1NC(O)C1C(NC(O)C2CCCNC2)SC2CC(C(C)(C)C)CCC21. The Bertz CT molecular complexity index is 612. The number of hydrogen-bond donors (Lipinski definition) is 5. The molecule has 4 rings (SSSR count). The topological polar surface area (TPSA) is 85.8 Å². The van der Waals surface area contributed by atoms with Crippen LogP contribution in [0.3, 0.4) is 0 Å². The third kappa shape index (κ3) is 6.28. The maximum Gasteiger partial charge on any atom is 0.110 e. The van der Waals surface area contributed by atoms with Crippen molar-refractivity contribution in [3.05, 3.63) is 0 Å². The number of aliphatic hydroxyl groups is 2. The van der Waals surface area contributed by atoms with Gasteiger partial charge in [-0.3, -0.25) is 10.6 Å². The second-order valence-corrected chi connectivity index (χ2v) is 13.6. The second kappa shape index (κ2) is 11.4. The zero-order valence-corrected chi connectivity index (χ0v) is 22.1. The Morgan fingerprint density at radius 2 is 1.76 bits per heavy atom. The fraction of sp³-hybridized carbons (Fsp3) is 1.00. The van der Waals surface area contributed by atoms with Gasteiger partial charge in [-0.15, -0.1) is 11.8 Å². The molecule has 10 unspecified atom stereocenters. The molecule has 0 spiro atoms. The predicted octanol–water partition coefficient (Wildman–Crippen LogP) is 3.28. The number of methoxy groups -OCH3 is 1. The van der Waals surface area contributed by atoms with E-state index in [0.29, 0.717) is 16.6 Å². The highest BCUT2D eigenvalue weighted by Crippen LogP contribution is 2.54. The van der Waals surface area contributed by atoms with E-state index in [4.69, 9.17) is 4.74 Å². The molecule has 0 aromatic carbocycles. The molecule has 0 aromatic heterocycles. The van der Waals surface area contributed by atoms with E-state index in [9.17, 15) is 10.2 Å². The Hall–Kier alpha value is 0.110. The third-order valence-corrected chi connectivity index (χ3v) is 10.7. The van der Waals surface area contributed by atoms with Crippen molar-refractivity contribution in [1.29, 1.82) is 0 Å². The molecule has 33 heavy (non-hydrogen) atoms. The molecule has 0 radical (unpaired) electrons. The maximum absolute atomic E-state index is 11.6. The van der Waals surface area contributed by atoms with E-state index in [0.717, 1.165) is 44.7 Å². The molecule has 192 valence electrons. The van der Waals surface area contributed by atoms with E-state index in [1.54, 1.807) is 7.11 Å². The minimum atomic E-state index is -0.575. The van der Waals surface area contributed by atoms with Gasteiger partial charge < -0.3 is 20.3 Å². The van der Waals surface area contributed by atoms with Gasteiger partial charge in [0.05, 0.1) is 11.5 Å². The fourth-order valence-corrected chi connectivity index (χ4v) is 8.93. The minimum Gasteiger partial charge on any atom is -0.380 e. The first-order valence-corrected chi connectivity index (χ1v) is 14.5. The Labute approximate surface area is 205 Å². The lowest BCUT2D eigenvalue weighted by Crippen LogP contribution is -2.56. The summed E-state index contributed by atoms with van der Waals surface area (Å²) in [7, 11) is 1.80. The van der Waals surface area contributed by atoms with Gasteiger partial charge >= 0.3 is 0 Å². The Balaban J connectivity index is 1.47. The summed E-state index contributed by atoms with van der Waals surface area (Å²) in [5.41, 5.74) is 0.324. The summed E-state index contributed by atoms with van der Waals surface area (Å²) in [6.45, 7) is 9.03. The first kappa shape index (κ1) is 26.2. The van der Waals surface area contributed by atoms with Gasteiger partial charge in [0.1, 0.15) is 12.5 Å². The van der Waals surface area contributed by atoms with Crippen LogP contribution in [0.4, 0.5) is 0 Å². The molecule has 4 aliphatic rings. The quantitative estimate of drug-likeness (QED) is 0.355. The molecule has 0 aromatic rings. The van der Waals surface area contributed by atoms with E-state index >= 15 is 0 Å². The molecular formula is C26H49N3O3S. The van der Waals surface area contributed by atoms with E-state index in [-0.39, 0.29) is 29.4 Å². The van der Waals surface area contributed by atoms with Gasteiger partial charge in [0.25, 0.3) is 0 Å². The van der Waals surface area contributed by atoms with Crippen LogP contribution in [0.5, 0.6) is 0 Å². The largest absolute Gasteiger partial charge is 0.380 e. The first-order chi connectivity index (χ1) is 15.8. The monoisotopic (exact) mass is 483 g/mol.